The molecule has 4 aromatic rings. The van der Waals surface area contributed by atoms with Gasteiger partial charge in [0, 0.05) is 5.39 Å². The highest BCUT2D eigenvalue weighted by Gasteiger charge is 2.10. The van der Waals surface area contributed by atoms with Crippen LogP contribution in [-0.4, -0.2) is 12.7 Å². The molecule has 2 nitrogen and oxygen atoms in total. The molecule has 0 bridgehead atoms. The average molecular weight is 271 g/mol. The molecule has 0 atom stereocenters. The number of rotatable bonds is 2. The summed E-state index contributed by atoms with van der Waals surface area (Å²) in [5.41, 5.74) is 0. The molecular formula is C18H12BO2. The van der Waals surface area contributed by atoms with E-state index in [1.807, 2.05) is 24.3 Å². The maximum Gasteiger partial charge on any atom is 0.569 e. The molecule has 0 aliphatic rings. The molecule has 3 heteroatoms. The molecule has 0 unspecified atom stereocenters. The van der Waals surface area contributed by atoms with Crippen molar-refractivity contribution in [1.82, 2.24) is 0 Å². The molecule has 0 saturated carbocycles. The zero-order valence-corrected chi connectivity index (χ0v) is 11.3. The minimum atomic E-state index is 0.663. The summed E-state index contributed by atoms with van der Waals surface area (Å²) in [6.45, 7) is 0. The summed E-state index contributed by atoms with van der Waals surface area (Å²) in [6, 6.07) is 22.6. The van der Waals surface area contributed by atoms with E-state index in [1.54, 1.807) is 0 Å². The predicted molar refractivity (Wildman–Crippen MR) is 87.6 cm³/mol. The number of benzene rings is 4. The molecular weight excluding hydrogens is 259 g/mol. The van der Waals surface area contributed by atoms with Gasteiger partial charge in [-0.15, -0.1) is 0 Å². The van der Waals surface area contributed by atoms with Gasteiger partial charge in [0.1, 0.15) is 5.75 Å². The van der Waals surface area contributed by atoms with Crippen molar-refractivity contribution in [2.75, 3.05) is 0 Å². The van der Waals surface area contributed by atoms with Gasteiger partial charge in [0.2, 0.25) is 0 Å². The number of hydrogen-bond acceptors (Lipinski definition) is 2. The van der Waals surface area contributed by atoms with E-state index in [9.17, 15) is 0 Å². The van der Waals surface area contributed by atoms with Crippen LogP contribution in [0.2, 0.25) is 0 Å². The minimum Gasteiger partial charge on any atom is -0.537 e. The van der Waals surface area contributed by atoms with Gasteiger partial charge in [0.25, 0.3) is 0 Å². The third-order valence-electron chi connectivity index (χ3n) is 3.89. The molecule has 0 heterocycles. The quantitative estimate of drug-likeness (QED) is 0.440. The van der Waals surface area contributed by atoms with Crippen LogP contribution < -0.4 is 4.65 Å². The summed E-state index contributed by atoms with van der Waals surface area (Å²) in [5.74, 6) is 0.663. The van der Waals surface area contributed by atoms with E-state index in [1.165, 1.54) is 16.2 Å². The Bertz CT molecular complexity index is 963. The Balaban J connectivity index is 2.25. The standard InChI is InChI=1S/C18H12BO2/c20-19-21-17-11-13-10-9-12-5-1-2-6-14(12)18(13)16-8-4-3-7-15(16)17/h1-11,20H. The SMILES string of the molecule is O[B]Oc1cc2ccc3ccccc3c2c2ccccc12. The van der Waals surface area contributed by atoms with Gasteiger partial charge in [-0.1, -0.05) is 60.7 Å². The second kappa shape index (κ2) is 4.79. The molecule has 0 spiro atoms. The highest BCUT2D eigenvalue weighted by atomic mass is 16.5. The van der Waals surface area contributed by atoms with Crippen LogP contribution in [0, 0.1) is 0 Å². The lowest BCUT2D eigenvalue weighted by atomic mass is 9.96. The van der Waals surface area contributed by atoms with Gasteiger partial charge in [-0.2, -0.15) is 0 Å². The first kappa shape index (κ1) is 12.2. The molecule has 4 rings (SSSR count). The first-order chi connectivity index (χ1) is 10.4. The van der Waals surface area contributed by atoms with Crippen molar-refractivity contribution in [2.45, 2.75) is 0 Å². The van der Waals surface area contributed by atoms with E-state index >= 15 is 0 Å². The second-order valence-corrected chi connectivity index (χ2v) is 5.03. The summed E-state index contributed by atoms with van der Waals surface area (Å²) in [6.07, 6.45) is 0. The third-order valence-corrected chi connectivity index (χ3v) is 3.89. The molecule has 1 radical (unpaired) electrons. The Morgan fingerprint density at radius 1 is 0.714 bits per heavy atom. The van der Waals surface area contributed by atoms with Crippen molar-refractivity contribution < 1.29 is 9.68 Å². The van der Waals surface area contributed by atoms with Crippen LogP contribution in [0.1, 0.15) is 0 Å². The summed E-state index contributed by atoms with van der Waals surface area (Å²) >= 11 is 0. The highest BCUT2D eigenvalue weighted by Crippen LogP contribution is 2.37. The van der Waals surface area contributed by atoms with Crippen LogP contribution in [0.3, 0.4) is 0 Å². The van der Waals surface area contributed by atoms with Gasteiger partial charge >= 0.3 is 7.69 Å². The predicted octanol–water partition coefficient (Wildman–Crippen LogP) is 4.05. The fourth-order valence-corrected chi connectivity index (χ4v) is 3.00. The molecule has 0 aliphatic carbocycles. The van der Waals surface area contributed by atoms with E-state index in [0.717, 1.165) is 23.8 Å². The van der Waals surface area contributed by atoms with E-state index < -0.39 is 0 Å². The topological polar surface area (TPSA) is 29.5 Å². The van der Waals surface area contributed by atoms with Crippen molar-refractivity contribution in [3.05, 3.63) is 66.7 Å². The summed E-state index contributed by atoms with van der Waals surface area (Å²) in [4.78, 5) is 0. The van der Waals surface area contributed by atoms with E-state index in [2.05, 4.69) is 42.5 Å². The first-order valence-corrected chi connectivity index (χ1v) is 6.84. The van der Waals surface area contributed by atoms with Gasteiger partial charge in [0.15, 0.2) is 0 Å². The number of hydrogen-bond donors (Lipinski definition) is 1. The Morgan fingerprint density at radius 3 is 2.19 bits per heavy atom. The summed E-state index contributed by atoms with van der Waals surface area (Å²) < 4.78 is 5.27. The number of fused-ring (bicyclic) bond motifs is 5. The second-order valence-electron chi connectivity index (χ2n) is 5.03. The van der Waals surface area contributed by atoms with Crippen molar-refractivity contribution in [3.8, 4) is 5.75 Å². The van der Waals surface area contributed by atoms with Crippen LogP contribution >= 0.6 is 0 Å². The largest absolute Gasteiger partial charge is 0.569 e. The van der Waals surface area contributed by atoms with Gasteiger partial charge in [-0.05, 0) is 33.0 Å². The fourth-order valence-electron chi connectivity index (χ4n) is 3.00. The fraction of sp³-hybridized carbons (Fsp3) is 0. The van der Waals surface area contributed by atoms with Crippen molar-refractivity contribution in [1.29, 1.82) is 0 Å². The normalized spacial score (nSPS) is 11.1. The van der Waals surface area contributed by atoms with Crippen LogP contribution in [0.5, 0.6) is 5.75 Å². The maximum atomic E-state index is 8.98. The lowest BCUT2D eigenvalue weighted by Gasteiger charge is -2.12. The average Bonchev–Trinajstić information content (AvgIpc) is 2.55. The lowest BCUT2D eigenvalue weighted by Crippen LogP contribution is -2.00. The monoisotopic (exact) mass is 271 g/mol. The molecule has 21 heavy (non-hydrogen) atoms. The molecule has 4 aromatic carbocycles. The molecule has 0 saturated heterocycles. The molecule has 0 fully saturated rings. The smallest absolute Gasteiger partial charge is 0.537 e. The Kier molecular flexibility index (Phi) is 2.79. The van der Waals surface area contributed by atoms with Crippen molar-refractivity contribution in [3.63, 3.8) is 0 Å². The minimum absolute atomic E-state index is 0.663. The molecule has 0 aliphatic heterocycles. The van der Waals surface area contributed by atoms with Gasteiger partial charge < -0.3 is 9.68 Å². The molecule has 1 N–H and O–H groups in total. The van der Waals surface area contributed by atoms with Crippen LogP contribution in [-0.2, 0) is 0 Å². The van der Waals surface area contributed by atoms with E-state index in [-0.39, 0.29) is 0 Å². The summed E-state index contributed by atoms with van der Waals surface area (Å²) in [7, 11) is 0.731. The van der Waals surface area contributed by atoms with Crippen molar-refractivity contribution in [2.24, 2.45) is 0 Å². The van der Waals surface area contributed by atoms with Gasteiger partial charge in [0.05, 0.1) is 0 Å². The third kappa shape index (κ3) is 1.86. The zero-order valence-electron chi connectivity index (χ0n) is 11.3. The first-order valence-electron chi connectivity index (χ1n) is 6.84. The van der Waals surface area contributed by atoms with E-state index in [0.29, 0.717) is 5.75 Å². The Morgan fingerprint density at radius 2 is 1.38 bits per heavy atom. The molecule has 0 amide bonds. The maximum absolute atomic E-state index is 8.98. The molecule has 99 valence electrons. The lowest BCUT2D eigenvalue weighted by molar-refractivity contribution is 0.457. The summed E-state index contributed by atoms with van der Waals surface area (Å²) in [5, 5.41) is 15.9. The van der Waals surface area contributed by atoms with Crippen LogP contribution in [0.25, 0.3) is 32.3 Å². The molecule has 0 aromatic heterocycles. The highest BCUT2D eigenvalue weighted by molar-refractivity contribution is 6.23. The van der Waals surface area contributed by atoms with Crippen LogP contribution in [0.4, 0.5) is 0 Å². The zero-order chi connectivity index (χ0) is 14.2. The van der Waals surface area contributed by atoms with Gasteiger partial charge in [-0.3, -0.25) is 0 Å². The Labute approximate surface area is 122 Å². The van der Waals surface area contributed by atoms with Crippen molar-refractivity contribution >= 4 is 40.0 Å². The van der Waals surface area contributed by atoms with Crippen LogP contribution in [0.15, 0.2) is 66.7 Å². The van der Waals surface area contributed by atoms with Gasteiger partial charge in [-0.25, -0.2) is 0 Å². The van der Waals surface area contributed by atoms with E-state index in [4.69, 9.17) is 9.68 Å². The Hall–Kier alpha value is -2.52.